The molecule has 192 valence electrons. The summed E-state index contributed by atoms with van der Waals surface area (Å²) in [6.07, 6.45) is -5.12. The maximum absolute atomic E-state index is 13.3. The fraction of sp³-hybridized carbons (Fsp3) is 0.346. The molecule has 0 spiro atoms. The summed E-state index contributed by atoms with van der Waals surface area (Å²) in [6.45, 7) is 2.51. The van der Waals surface area contributed by atoms with Crippen LogP contribution >= 0.6 is 11.3 Å². The van der Waals surface area contributed by atoms with Gasteiger partial charge in [-0.25, -0.2) is 0 Å². The van der Waals surface area contributed by atoms with Crippen molar-refractivity contribution in [3.8, 4) is 17.0 Å². The molecule has 3 heterocycles. The molecule has 1 aliphatic heterocycles. The maximum Gasteiger partial charge on any atom is 0.418 e. The van der Waals surface area contributed by atoms with Gasteiger partial charge in [-0.05, 0) is 35.7 Å². The number of hydrogen-bond acceptors (Lipinski definition) is 7. The lowest BCUT2D eigenvalue weighted by atomic mass is 10.1. The van der Waals surface area contributed by atoms with Gasteiger partial charge in [0.25, 0.3) is 0 Å². The topological polar surface area (TPSA) is 62.0 Å². The average Bonchev–Trinajstić information content (AvgIpc) is 3.47. The van der Waals surface area contributed by atoms with Crippen LogP contribution in [-0.4, -0.2) is 60.6 Å². The van der Waals surface area contributed by atoms with Crippen LogP contribution in [0.3, 0.4) is 0 Å². The SMILES string of the molecule is C.OC(COc1cccc(-c2noc3ccsc23)c1)CN1CCN(c2ccccc2C(F)(F)F)CC1. The lowest BCUT2D eigenvalue weighted by Crippen LogP contribution is -2.49. The molecule has 0 radical (unpaired) electrons. The van der Waals surface area contributed by atoms with E-state index in [0.29, 0.717) is 38.5 Å². The van der Waals surface area contributed by atoms with Gasteiger partial charge in [-0.1, -0.05) is 36.8 Å². The highest BCUT2D eigenvalue weighted by Crippen LogP contribution is 2.37. The number of anilines is 1. The Labute approximate surface area is 211 Å². The van der Waals surface area contributed by atoms with E-state index in [1.807, 2.05) is 40.6 Å². The highest BCUT2D eigenvalue weighted by molar-refractivity contribution is 7.17. The van der Waals surface area contributed by atoms with Crippen molar-refractivity contribution in [2.45, 2.75) is 19.7 Å². The molecule has 2 aromatic heterocycles. The Hall–Kier alpha value is -3.08. The van der Waals surface area contributed by atoms with Gasteiger partial charge in [-0.2, -0.15) is 13.2 Å². The van der Waals surface area contributed by atoms with E-state index in [2.05, 4.69) is 5.16 Å². The third kappa shape index (κ3) is 5.66. The molecule has 1 unspecified atom stereocenters. The van der Waals surface area contributed by atoms with E-state index in [1.54, 1.807) is 22.3 Å². The van der Waals surface area contributed by atoms with Crippen LogP contribution in [0.15, 0.2) is 64.5 Å². The molecule has 0 amide bonds. The van der Waals surface area contributed by atoms with Crippen molar-refractivity contribution < 1.29 is 27.5 Å². The first-order valence-corrected chi connectivity index (χ1v) is 12.1. The Morgan fingerprint density at radius 1 is 1.06 bits per heavy atom. The number of para-hydroxylation sites is 1. The van der Waals surface area contributed by atoms with Crippen molar-refractivity contribution in [2.75, 3.05) is 44.2 Å². The Balaban J connectivity index is 0.00000304. The quantitative estimate of drug-likeness (QED) is 0.334. The molecule has 10 heteroatoms. The molecule has 0 aliphatic carbocycles. The van der Waals surface area contributed by atoms with Gasteiger partial charge in [0.2, 0.25) is 0 Å². The first-order valence-electron chi connectivity index (χ1n) is 11.3. The van der Waals surface area contributed by atoms with Crippen molar-refractivity contribution in [3.63, 3.8) is 0 Å². The number of halogens is 3. The molecule has 0 saturated carbocycles. The molecule has 1 atom stereocenters. The number of fused-ring (bicyclic) bond motifs is 1. The smallest absolute Gasteiger partial charge is 0.418 e. The Bertz CT molecular complexity index is 1280. The van der Waals surface area contributed by atoms with E-state index in [4.69, 9.17) is 9.26 Å². The van der Waals surface area contributed by atoms with E-state index >= 15 is 0 Å². The number of hydrogen-bond donors (Lipinski definition) is 1. The first kappa shape index (κ1) is 26.0. The summed E-state index contributed by atoms with van der Waals surface area (Å²) in [7, 11) is 0. The minimum atomic E-state index is -4.39. The number of nitrogens with zero attached hydrogens (tertiary/aromatic N) is 3. The van der Waals surface area contributed by atoms with Crippen LogP contribution in [0.2, 0.25) is 0 Å². The highest BCUT2D eigenvalue weighted by atomic mass is 32.1. The largest absolute Gasteiger partial charge is 0.491 e. The predicted molar refractivity (Wildman–Crippen MR) is 136 cm³/mol. The third-order valence-electron chi connectivity index (χ3n) is 6.02. The Morgan fingerprint density at radius 3 is 2.61 bits per heavy atom. The zero-order chi connectivity index (χ0) is 24.4. The molecule has 0 bridgehead atoms. The zero-order valence-electron chi connectivity index (χ0n) is 18.7. The molecule has 5 rings (SSSR count). The maximum atomic E-state index is 13.3. The van der Waals surface area contributed by atoms with E-state index in [1.165, 1.54) is 12.1 Å². The molecular formula is C26H28F3N3O3S. The number of β-amino-alcohol motifs (C(OH)–C–C–N with tert-alkyl or cyclic N) is 1. The summed E-state index contributed by atoms with van der Waals surface area (Å²) in [6, 6.07) is 15.0. The van der Waals surface area contributed by atoms with E-state index < -0.39 is 17.8 Å². The number of rotatable bonds is 7. The van der Waals surface area contributed by atoms with Crippen LogP contribution in [-0.2, 0) is 6.18 Å². The molecule has 1 fully saturated rings. The van der Waals surface area contributed by atoms with Crippen molar-refractivity contribution in [2.24, 2.45) is 0 Å². The molecular weight excluding hydrogens is 491 g/mol. The van der Waals surface area contributed by atoms with Gasteiger partial charge >= 0.3 is 6.18 Å². The van der Waals surface area contributed by atoms with Crippen LogP contribution in [0.25, 0.3) is 21.5 Å². The Kier molecular flexibility index (Phi) is 7.87. The molecule has 2 aromatic carbocycles. The van der Waals surface area contributed by atoms with Gasteiger partial charge in [0, 0.05) is 44.0 Å². The van der Waals surface area contributed by atoms with E-state index in [-0.39, 0.29) is 19.7 Å². The summed E-state index contributed by atoms with van der Waals surface area (Å²) in [4.78, 5) is 3.79. The van der Waals surface area contributed by atoms with Crippen LogP contribution < -0.4 is 9.64 Å². The number of thiophene rings is 1. The van der Waals surface area contributed by atoms with Gasteiger partial charge < -0.3 is 19.3 Å². The van der Waals surface area contributed by atoms with E-state index in [9.17, 15) is 18.3 Å². The monoisotopic (exact) mass is 519 g/mol. The lowest BCUT2D eigenvalue weighted by molar-refractivity contribution is -0.137. The lowest BCUT2D eigenvalue weighted by Gasteiger charge is -2.37. The van der Waals surface area contributed by atoms with Crippen LogP contribution in [0.4, 0.5) is 18.9 Å². The second kappa shape index (κ2) is 10.9. The molecule has 36 heavy (non-hydrogen) atoms. The van der Waals surface area contributed by atoms with Gasteiger partial charge in [0.05, 0.1) is 5.56 Å². The molecule has 6 nitrogen and oxygen atoms in total. The zero-order valence-corrected chi connectivity index (χ0v) is 19.6. The van der Waals surface area contributed by atoms with Crippen molar-refractivity contribution >= 4 is 27.3 Å². The summed E-state index contributed by atoms with van der Waals surface area (Å²) < 4.78 is 52.2. The number of aliphatic hydroxyl groups is 1. The van der Waals surface area contributed by atoms with Crippen LogP contribution in [0, 0.1) is 0 Å². The van der Waals surface area contributed by atoms with Gasteiger partial charge in [0.15, 0.2) is 5.58 Å². The van der Waals surface area contributed by atoms with Crippen LogP contribution in [0.1, 0.15) is 13.0 Å². The standard InChI is InChI=1S/C25H24F3N3O3S.CH4/c26-25(27,28)20-6-1-2-7-21(20)31-11-9-30(10-12-31)15-18(32)16-33-19-5-3-4-17(14-19)23-24-22(34-29-23)8-13-35-24;/h1-8,13-14,18,32H,9-12,15-16H2;1H4. The average molecular weight is 520 g/mol. The molecule has 4 aromatic rings. The number of aliphatic hydroxyl groups excluding tert-OH is 1. The number of benzene rings is 2. The molecule has 1 aliphatic rings. The summed E-state index contributed by atoms with van der Waals surface area (Å²) >= 11 is 1.56. The minimum absolute atomic E-state index is 0. The fourth-order valence-corrected chi connectivity index (χ4v) is 5.11. The second-order valence-corrected chi connectivity index (χ2v) is 9.36. The number of alkyl halides is 3. The fourth-order valence-electron chi connectivity index (χ4n) is 4.30. The number of ether oxygens (including phenoxy) is 1. The summed E-state index contributed by atoms with van der Waals surface area (Å²) in [5, 5.41) is 16.6. The highest BCUT2D eigenvalue weighted by Gasteiger charge is 2.35. The molecule has 1 saturated heterocycles. The van der Waals surface area contributed by atoms with Gasteiger partial charge in [0.1, 0.15) is 28.9 Å². The second-order valence-electron chi connectivity index (χ2n) is 8.44. The Morgan fingerprint density at radius 2 is 1.83 bits per heavy atom. The first-order chi connectivity index (χ1) is 16.9. The van der Waals surface area contributed by atoms with Crippen molar-refractivity contribution in [1.29, 1.82) is 0 Å². The number of piperazine rings is 1. The van der Waals surface area contributed by atoms with Crippen molar-refractivity contribution in [3.05, 3.63) is 65.5 Å². The molecule has 1 N–H and O–H groups in total. The third-order valence-corrected chi connectivity index (χ3v) is 6.92. The van der Waals surface area contributed by atoms with E-state index in [0.717, 1.165) is 27.6 Å². The van der Waals surface area contributed by atoms with Crippen molar-refractivity contribution in [1.82, 2.24) is 10.1 Å². The number of aromatic nitrogens is 1. The minimum Gasteiger partial charge on any atom is -0.491 e. The van der Waals surface area contributed by atoms with Gasteiger partial charge in [-0.15, -0.1) is 11.3 Å². The summed E-state index contributed by atoms with van der Waals surface area (Å²) in [5.74, 6) is 0.614. The predicted octanol–water partition coefficient (Wildman–Crippen LogP) is 5.77. The summed E-state index contributed by atoms with van der Waals surface area (Å²) in [5.41, 5.74) is 1.96. The normalized spacial score (nSPS) is 15.6. The van der Waals surface area contributed by atoms with Crippen LogP contribution in [0.5, 0.6) is 5.75 Å². The van der Waals surface area contributed by atoms with Gasteiger partial charge in [-0.3, -0.25) is 4.90 Å².